The molecule has 1 aromatic carbocycles. The summed E-state index contributed by atoms with van der Waals surface area (Å²) in [6.45, 7) is 3.96. The Bertz CT molecular complexity index is 571. The van der Waals surface area contributed by atoms with Crippen LogP contribution in [0.4, 0.5) is 11.4 Å². The van der Waals surface area contributed by atoms with Crippen LogP contribution in [0.2, 0.25) is 0 Å². The minimum atomic E-state index is -0.388. The van der Waals surface area contributed by atoms with Gasteiger partial charge >= 0.3 is 0 Å². The van der Waals surface area contributed by atoms with E-state index in [1.165, 1.54) is 6.42 Å². The zero-order valence-electron chi connectivity index (χ0n) is 12.2. The molecule has 0 aromatic heterocycles. The van der Waals surface area contributed by atoms with E-state index in [-0.39, 0.29) is 11.5 Å². The molecule has 5 nitrogen and oxygen atoms in total. The van der Waals surface area contributed by atoms with E-state index in [0.717, 1.165) is 19.5 Å². The number of likely N-dealkylation sites (tertiary alicyclic amines) is 1. The van der Waals surface area contributed by atoms with Gasteiger partial charge in [-0.3, -0.25) is 4.79 Å². The molecule has 110 valence electrons. The van der Waals surface area contributed by atoms with Gasteiger partial charge in [0.25, 0.3) is 5.91 Å². The Labute approximate surface area is 125 Å². The molecular weight excluding hydrogens is 264 g/mol. The number of rotatable bonds is 3. The van der Waals surface area contributed by atoms with E-state index in [0.29, 0.717) is 17.3 Å². The second kappa shape index (κ2) is 6.80. The molecule has 5 heteroatoms. The molecule has 1 aromatic rings. The van der Waals surface area contributed by atoms with Crippen LogP contribution in [-0.4, -0.2) is 23.9 Å². The van der Waals surface area contributed by atoms with Crippen LogP contribution < -0.4 is 11.1 Å². The molecule has 0 aliphatic carbocycles. The Morgan fingerprint density at radius 2 is 2.19 bits per heavy atom. The average Bonchev–Trinajstić information content (AvgIpc) is 2.47. The molecule has 1 amide bonds. The van der Waals surface area contributed by atoms with E-state index in [9.17, 15) is 10.1 Å². The quantitative estimate of drug-likeness (QED) is 0.507. The molecule has 1 unspecified atom stereocenters. The summed E-state index contributed by atoms with van der Waals surface area (Å²) in [6, 6.07) is 8.82. The molecular formula is C16H20N4O. The SMILES string of the molecule is CC1CCCN(/C=C(/C#N)C(=O)Nc2ccc(N)cc2)C1. The zero-order valence-corrected chi connectivity index (χ0v) is 12.2. The summed E-state index contributed by atoms with van der Waals surface area (Å²) in [5.74, 6) is 0.204. The molecule has 1 fully saturated rings. The molecule has 1 saturated heterocycles. The third-order valence-corrected chi connectivity index (χ3v) is 3.53. The number of nitrogens with two attached hydrogens (primary N) is 1. The van der Waals surface area contributed by atoms with Gasteiger partial charge in [-0.15, -0.1) is 0 Å². The number of anilines is 2. The first-order valence-electron chi connectivity index (χ1n) is 7.11. The maximum Gasteiger partial charge on any atom is 0.267 e. The number of hydrogen-bond acceptors (Lipinski definition) is 4. The van der Waals surface area contributed by atoms with Crippen molar-refractivity contribution >= 4 is 17.3 Å². The number of hydrogen-bond donors (Lipinski definition) is 2. The van der Waals surface area contributed by atoms with Gasteiger partial charge in [0.05, 0.1) is 0 Å². The first-order valence-corrected chi connectivity index (χ1v) is 7.11. The van der Waals surface area contributed by atoms with Crippen LogP contribution in [-0.2, 0) is 4.79 Å². The van der Waals surface area contributed by atoms with E-state index >= 15 is 0 Å². The van der Waals surface area contributed by atoms with Gasteiger partial charge in [-0.2, -0.15) is 5.26 Å². The third-order valence-electron chi connectivity index (χ3n) is 3.53. The maximum absolute atomic E-state index is 12.1. The average molecular weight is 284 g/mol. The van der Waals surface area contributed by atoms with Crippen LogP contribution in [0.3, 0.4) is 0 Å². The van der Waals surface area contributed by atoms with Gasteiger partial charge in [0.1, 0.15) is 11.6 Å². The summed E-state index contributed by atoms with van der Waals surface area (Å²) in [6.07, 6.45) is 3.96. The normalized spacial score (nSPS) is 19.0. The summed E-state index contributed by atoms with van der Waals surface area (Å²) in [5, 5.41) is 11.9. The van der Waals surface area contributed by atoms with E-state index in [2.05, 4.69) is 17.1 Å². The molecule has 3 N–H and O–H groups in total. The van der Waals surface area contributed by atoms with Crippen molar-refractivity contribution in [2.45, 2.75) is 19.8 Å². The number of piperidine rings is 1. The van der Waals surface area contributed by atoms with Gasteiger partial charge in [0.2, 0.25) is 0 Å². The number of nitrogen functional groups attached to an aromatic ring is 1. The lowest BCUT2D eigenvalue weighted by Crippen LogP contribution is -2.31. The Morgan fingerprint density at radius 3 is 2.81 bits per heavy atom. The molecule has 1 aliphatic heterocycles. The summed E-state index contributed by atoms with van der Waals surface area (Å²) >= 11 is 0. The van der Waals surface area contributed by atoms with Gasteiger partial charge in [0.15, 0.2) is 0 Å². The van der Waals surface area contributed by atoms with Crippen molar-refractivity contribution in [3.05, 3.63) is 36.0 Å². The lowest BCUT2D eigenvalue weighted by molar-refractivity contribution is -0.112. The Morgan fingerprint density at radius 1 is 1.48 bits per heavy atom. The molecule has 0 spiro atoms. The Kier molecular flexibility index (Phi) is 4.83. The van der Waals surface area contributed by atoms with Crippen LogP contribution in [0.1, 0.15) is 19.8 Å². The molecule has 1 heterocycles. The molecule has 1 aliphatic rings. The van der Waals surface area contributed by atoms with E-state index in [1.807, 2.05) is 6.07 Å². The van der Waals surface area contributed by atoms with Crippen LogP contribution >= 0.6 is 0 Å². The number of carbonyl (C=O) groups excluding carboxylic acids is 1. The summed E-state index contributed by atoms with van der Waals surface area (Å²) in [7, 11) is 0. The van der Waals surface area contributed by atoms with Gasteiger partial charge < -0.3 is 16.0 Å². The van der Waals surface area contributed by atoms with Crippen LogP contribution in [0.5, 0.6) is 0 Å². The van der Waals surface area contributed by atoms with Gasteiger partial charge in [-0.25, -0.2) is 0 Å². The number of benzene rings is 1. The number of nitriles is 1. The number of nitrogens with zero attached hydrogens (tertiary/aromatic N) is 2. The first-order chi connectivity index (χ1) is 10.1. The van der Waals surface area contributed by atoms with Crippen molar-refractivity contribution in [1.29, 1.82) is 5.26 Å². The Balaban J connectivity index is 2.04. The van der Waals surface area contributed by atoms with E-state index < -0.39 is 0 Å². The fraction of sp³-hybridized carbons (Fsp3) is 0.375. The fourth-order valence-corrected chi connectivity index (χ4v) is 2.43. The Hall–Kier alpha value is -2.48. The van der Waals surface area contributed by atoms with Crippen molar-refractivity contribution < 1.29 is 4.79 Å². The second-order valence-electron chi connectivity index (χ2n) is 5.47. The van der Waals surface area contributed by atoms with Crippen LogP contribution in [0.25, 0.3) is 0 Å². The summed E-state index contributed by atoms with van der Waals surface area (Å²) in [4.78, 5) is 14.2. The smallest absolute Gasteiger partial charge is 0.267 e. The topological polar surface area (TPSA) is 82.2 Å². The highest BCUT2D eigenvalue weighted by Crippen LogP contribution is 2.17. The maximum atomic E-state index is 12.1. The highest BCUT2D eigenvalue weighted by Gasteiger charge is 2.16. The third kappa shape index (κ3) is 4.25. The predicted molar refractivity (Wildman–Crippen MR) is 83.2 cm³/mol. The second-order valence-corrected chi connectivity index (χ2v) is 5.47. The summed E-state index contributed by atoms with van der Waals surface area (Å²) < 4.78 is 0. The number of amides is 1. The van der Waals surface area contributed by atoms with Gasteiger partial charge in [0, 0.05) is 30.7 Å². The first kappa shape index (κ1) is 14.9. The fourth-order valence-electron chi connectivity index (χ4n) is 2.43. The predicted octanol–water partition coefficient (Wildman–Crippen LogP) is 2.35. The molecule has 1 atom stereocenters. The summed E-state index contributed by atoms with van der Waals surface area (Å²) in [5.41, 5.74) is 6.98. The minimum absolute atomic E-state index is 0.126. The molecule has 0 radical (unpaired) electrons. The van der Waals surface area contributed by atoms with Crippen LogP contribution in [0, 0.1) is 17.2 Å². The molecule has 21 heavy (non-hydrogen) atoms. The number of nitrogens with one attached hydrogen (secondary N) is 1. The van der Waals surface area contributed by atoms with E-state index in [1.54, 1.807) is 30.5 Å². The largest absolute Gasteiger partial charge is 0.399 e. The standard InChI is InChI=1S/C16H20N4O/c1-12-3-2-8-20(10-12)11-13(9-17)16(21)19-15-6-4-14(18)5-7-15/h4-7,11-12H,2-3,8,10,18H2,1H3,(H,19,21)/b13-11-. The molecule has 2 rings (SSSR count). The van der Waals surface area contributed by atoms with Crippen molar-refractivity contribution in [3.8, 4) is 6.07 Å². The highest BCUT2D eigenvalue weighted by atomic mass is 16.1. The van der Waals surface area contributed by atoms with Crippen molar-refractivity contribution in [3.63, 3.8) is 0 Å². The van der Waals surface area contributed by atoms with E-state index in [4.69, 9.17) is 5.73 Å². The lowest BCUT2D eigenvalue weighted by atomic mass is 10.0. The number of carbonyl (C=O) groups is 1. The van der Waals surface area contributed by atoms with Gasteiger partial charge in [-0.1, -0.05) is 6.92 Å². The zero-order chi connectivity index (χ0) is 15.2. The van der Waals surface area contributed by atoms with Crippen LogP contribution in [0.15, 0.2) is 36.0 Å². The van der Waals surface area contributed by atoms with Crippen molar-refractivity contribution in [1.82, 2.24) is 4.90 Å². The minimum Gasteiger partial charge on any atom is -0.399 e. The lowest BCUT2D eigenvalue weighted by Gasteiger charge is -2.29. The monoisotopic (exact) mass is 284 g/mol. The molecule has 0 bridgehead atoms. The molecule has 0 saturated carbocycles. The van der Waals surface area contributed by atoms with Gasteiger partial charge in [-0.05, 0) is 43.0 Å². The van der Waals surface area contributed by atoms with Crippen molar-refractivity contribution in [2.24, 2.45) is 5.92 Å². The van der Waals surface area contributed by atoms with Crippen molar-refractivity contribution in [2.75, 3.05) is 24.1 Å². The highest BCUT2D eigenvalue weighted by molar-refractivity contribution is 6.06.